The normalized spacial score (nSPS) is 18.7. The second-order valence-electron chi connectivity index (χ2n) is 7.84. The number of fused-ring (bicyclic) bond motifs is 1. The molecule has 1 N–H and O–H groups in total. The molecule has 7 nitrogen and oxygen atoms in total. The monoisotopic (exact) mass is 446 g/mol. The molecule has 3 heterocycles. The number of aliphatic carboxylic acids is 1. The number of unbranched alkanes of at least 4 members (excludes halogenated alkanes) is 2. The zero-order chi connectivity index (χ0) is 22.1. The van der Waals surface area contributed by atoms with E-state index in [0.29, 0.717) is 28.9 Å². The van der Waals surface area contributed by atoms with E-state index < -0.39 is 18.2 Å². The number of carboxylic acid groups (broad SMARTS) is 1. The number of anilines is 1. The Kier molecular flexibility index (Phi) is 6.00. The summed E-state index contributed by atoms with van der Waals surface area (Å²) in [6, 6.07) is 7.53. The summed E-state index contributed by atoms with van der Waals surface area (Å²) in [5.41, 5.74) is 1.08. The van der Waals surface area contributed by atoms with Crippen LogP contribution in [0.4, 0.5) is 10.2 Å². The van der Waals surface area contributed by atoms with E-state index in [4.69, 9.17) is 11.6 Å². The van der Waals surface area contributed by atoms with Gasteiger partial charge in [-0.3, -0.25) is 13.8 Å². The minimum absolute atomic E-state index is 0.0644. The minimum Gasteiger partial charge on any atom is -0.480 e. The molecule has 2 atom stereocenters. The van der Waals surface area contributed by atoms with Gasteiger partial charge in [0.25, 0.3) is 5.56 Å². The van der Waals surface area contributed by atoms with Gasteiger partial charge in [-0.2, -0.15) is 0 Å². The fourth-order valence-electron chi connectivity index (χ4n) is 4.09. The summed E-state index contributed by atoms with van der Waals surface area (Å²) in [6.07, 6.45) is 3.10. The molecule has 2 aromatic heterocycles. The van der Waals surface area contributed by atoms with Crippen molar-refractivity contribution in [3.8, 4) is 11.3 Å². The van der Waals surface area contributed by atoms with E-state index in [0.717, 1.165) is 24.8 Å². The van der Waals surface area contributed by atoms with E-state index in [1.165, 1.54) is 15.4 Å². The molecule has 1 saturated heterocycles. The molecular weight excluding hydrogens is 423 g/mol. The highest BCUT2D eigenvalue weighted by molar-refractivity contribution is 6.30. The smallest absolute Gasteiger partial charge is 0.326 e. The third-order valence-electron chi connectivity index (χ3n) is 5.65. The van der Waals surface area contributed by atoms with Crippen molar-refractivity contribution in [1.29, 1.82) is 0 Å². The fraction of sp³-hybridized carbons (Fsp3) is 0.409. The standard InChI is InChI=1S/C22H24ClFN4O3/c1-2-3-4-9-26-19(27-12-16(24)10-18(27)21(30)31)11-20(29)28-13-17(25-22(26)28)14-5-7-15(23)8-6-14/h5-8,11,13,16,18H,2-4,9-10,12H2,1H3,(H,30,31)/t16-,18-/m0/s1. The first-order chi connectivity index (χ1) is 14.9. The molecule has 0 aliphatic carbocycles. The number of rotatable bonds is 7. The van der Waals surface area contributed by atoms with Gasteiger partial charge in [0.05, 0.1) is 12.2 Å². The van der Waals surface area contributed by atoms with Crippen LogP contribution < -0.4 is 10.5 Å². The lowest BCUT2D eigenvalue weighted by atomic mass is 10.2. The quantitative estimate of drug-likeness (QED) is 0.555. The third-order valence-corrected chi connectivity index (χ3v) is 5.90. The molecule has 1 aromatic carbocycles. The summed E-state index contributed by atoms with van der Waals surface area (Å²) in [6.45, 7) is 2.57. The number of nitrogens with zero attached hydrogens (tertiary/aromatic N) is 4. The van der Waals surface area contributed by atoms with Gasteiger partial charge >= 0.3 is 5.97 Å². The maximum atomic E-state index is 14.2. The number of carbonyl (C=O) groups is 1. The van der Waals surface area contributed by atoms with Crippen molar-refractivity contribution in [1.82, 2.24) is 14.0 Å². The summed E-state index contributed by atoms with van der Waals surface area (Å²) in [5, 5.41) is 10.2. The van der Waals surface area contributed by atoms with Crippen LogP contribution >= 0.6 is 11.6 Å². The van der Waals surface area contributed by atoms with Gasteiger partial charge in [0.1, 0.15) is 18.0 Å². The van der Waals surface area contributed by atoms with Crippen LogP contribution in [0.15, 0.2) is 41.3 Å². The summed E-state index contributed by atoms with van der Waals surface area (Å²) in [4.78, 5) is 30.8. The van der Waals surface area contributed by atoms with E-state index in [1.807, 2.05) is 16.7 Å². The third kappa shape index (κ3) is 4.17. The minimum atomic E-state index is -1.26. The number of aryl methyl sites for hydroxylation is 1. The molecule has 1 aliphatic heterocycles. The molecule has 1 aliphatic rings. The molecule has 1 fully saturated rings. The highest BCUT2D eigenvalue weighted by Gasteiger charge is 2.38. The average Bonchev–Trinajstić information content (AvgIpc) is 3.35. The van der Waals surface area contributed by atoms with Crippen molar-refractivity contribution in [3.63, 3.8) is 0 Å². The van der Waals surface area contributed by atoms with Gasteiger partial charge in [-0.15, -0.1) is 0 Å². The van der Waals surface area contributed by atoms with Crippen LogP contribution in [0.3, 0.4) is 0 Å². The molecule has 3 aromatic rings. The Hall–Kier alpha value is -2.87. The second-order valence-corrected chi connectivity index (χ2v) is 8.28. The average molecular weight is 447 g/mol. The van der Waals surface area contributed by atoms with Gasteiger partial charge in [-0.1, -0.05) is 43.5 Å². The first kappa shape index (κ1) is 21.4. The number of hydrogen-bond donors (Lipinski definition) is 1. The number of benzene rings is 1. The molecule has 0 radical (unpaired) electrons. The second kappa shape index (κ2) is 8.70. The van der Waals surface area contributed by atoms with Gasteiger partial charge in [0.15, 0.2) is 0 Å². The van der Waals surface area contributed by atoms with E-state index in [1.54, 1.807) is 18.3 Å². The summed E-state index contributed by atoms with van der Waals surface area (Å²) >= 11 is 5.98. The summed E-state index contributed by atoms with van der Waals surface area (Å²) < 4.78 is 17.5. The Morgan fingerprint density at radius 2 is 2.03 bits per heavy atom. The molecule has 0 bridgehead atoms. The van der Waals surface area contributed by atoms with Gasteiger partial charge in [0, 0.05) is 35.8 Å². The predicted molar refractivity (Wildman–Crippen MR) is 118 cm³/mol. The largest absolute Gasteiger partial charge is 0.480 e. The SMILES string of the molecule is CCCCCn1c(N2C[C@@H](F)C[C@H]2C(=O)O)cc(=O)n2cc(-c3ccc(Cl)cc3)nc12. The number of aromatic nitrogens is 3. The first-order valence-electron chi connectivity index (χ1n) is 10.4. The molecular formula is C22H24ClFN4O3. The predicted octanol–water partition coefficient (Wildman–Crippen LogP) is 4.01. The van der Waals surface area contributed by atoms with Crippen molar-refractivity contribution in [2.75, 3.05) is 11.4 Å². The molecule has 0 unspecified atom stereocenters. The fourth-order valence-corrected chi connectivity index (χ4v) is 4.21. The Balaban J connectivity index is 1.87. The van der Waals surface area contributed by atoms with Gasteiger partial charge < -0.3 is 10.0 Å². The molecule has 0 saturated carbocycles. The van der Waals surface area contributed by atoms with Crippen LogP contribution in [0, 0.1) is 0 Å². The molecule has 0 amide bonds. The summed E-state index contributed by atoms with van der Waals surface area (Å²) in [7, 11) is 0. The van der Waals surface area contributed by atoms with Gasteiger partial charge in [0.2, 0.25) is 5.78 Å². The highest BCUT2D eigenvalue weighted by atomic mass is 35.5. The zero-order valence-corrected chi connectivity index (χ0v) is 17.9. The number of alkyl halides is 1. The van der Waals surface area contributed by atoms with Gasteiger partial charge in [-0.25, -0.2) is 14.2 Å². The van der Waals surface area contributed by atoms with E-state index in [-0.39, 0.29) is 18.5 Å². The highest BCUT2D eigenvalue weighted by Crippen LogP contribution is 2.29. The number of imidazole rings is 1. The molecule has 0 spiro atoms. The van der Waals surface area contributed by atoms with Crippen molar-refractivity contribution in [2.45, 2.75) is 51.4 Å². The van der Waals surface area contributed by atoms with Crippen LogP contribution in [-0.2, 0) is 11.3 Å². The lowest BCUT2D eigenvalue weighted by Gasteiger charge is -2.27. The van der Waals surface area contributed by atoms with E-state index >= 15 is 0 Å². The van der Waals surface area contributed by atoms with Crippen molar-refractivity contribution in [3.05, 3.63) is 51.9 Å². The Labute approximate surface area is 183 Å². The van der Waals surface area contributed by atoms with Crippen LogP contribution in [0.5, 0.6) is 0 Å². The topological polar surface area (TPSA) is 79.8 Å². The Morgan fingerprint density at radius 1 is 1.29 bits per heavy atom. The maximum absolute atomic E-state index is 14.2. The van der Waals surface area contributed by atoms with Crippen molar-refractivity contribution < 1.29 is 14.3 Å². The van der Waals surface area contributed by atoms with Gasteiger partial charge in [-0.05, 0) is 18.6 Å². The Bertz CT molecular complexity index is 1160. The number of carboxylic acids is 1. The maximum Gasteiger partial charge on any atom is 0.326 e. The molecule has 4 rings (SSSR count). The van der Waals surface area contributed by atoms with Crippen LogP contribution in [-0.4, -0.2) is 43.8 Å². The zero-order valence-electron chi connectivity index (χ0n) is 17.2. The summed E-state index contributed by atoms with van der Waals surface area (Å²) in [5.74, 6) is -0.290. The van der Waals surface area contributed by atoms with Crippen LogP contribution in [0.25, 0.3) is 17.0 Å². The van der Waals surface area contributed by atoms with Crippen molar-refractivity contribution >= 4 is 29.2 Å². The molecule has 164 valence electrons. The molecule has 9 heteroatoms. The number of hydrogen-bond acceptors (Lipinski definition) is 4. The first-order valence-corrected chi connectivity index (χ1v) is 10.8. The molecule has 31 heavy (non-hydrogen) atoms. The number of halogens is 2. The Morgan fingerprint density at radius 3 is 2.71 bits per heavy atom. The van der Waals surface area contributed by atoms with E-state index in [2.05, 4.69) is 11.9 Å². The lowest BCUT2D eigenvalue weighted by molar-refractivity contribution is -0.138. The van der Waals surface area contributed by atoms with Crippen molar-refractivity contribution in [2.24, 2.45) is 0 Å². The lowest BCUT2D eigenvalue weighted by Crippen LogP contribution is -2.39. The van der Waals surface area contributed by atoms with E-state index in [9.17, 15) is 19.1 Å². The van der Waals surface area contributed by atoms with Crippen LogP contribution in [0.1, 0.15) is 32.6 Å². The van der Waals surface area contributed by atoms with Crippen LogP contribution in [0.2, 0.25) is 5.02 Å².